The van der Waals surface area contributed by atoms with E-state index in [1.54, 1.807) is 0 Å². The Morgan fingerprint density at radius 3 is 1.37 bits per heavy atom. The van der Waals surface area contributed by atoms with Crippen molar-refractivity contribution in [2.24, 2.45) is 0 Å². The fraction of sp³-hybridized carbons (Fsp3) is 0.708. The van der Waals surface area contributed by atoms with Gasteiger partial charge in [0.1, 0.15) is 43.2 Å². The third-order valence-corrected chi connectivity index (χ3v) is 11.3. The third-order valence-electron chi connectivity index (χ3n) is 10.3. The van der Waals surface area contributed by atoms with Gasteiger partial charge in [-0.1, -0.05) is 170 Å². The van der Waals surface area contributed by atoms with Crippen LogP contribution < -0.4 is 0 Å². The van der Waals surface area contributed by atoms with Crippen molar-refractivity contribution in [2.75, 3.05) is 13.2 Å². The SMILES string of the molecule is CC/C=C\C/C=C\C/C=C\C/C=C\C/C=C\C/C=C\CCC(=O)OC[C@H](COP(=O)(O)OC1C(O)C(O)C(O)[C@@H](O)C1O)OC(=O)CCCCCCCCCCCCCCCC. The second kappa shape index (κ2) is 37.6. The highest BCUT2D eigenvalue weighted by Gasteiger charge is 2.51. The minimum Gasteiger partial charge on any atom is -0.462 e. The lowest BCUT2D eigenvalue weighted by Crippen LogP contribution is -2.64. The Morgan fingerprint density at radius 1 is 0.516 bits per heavy atom. The largest absolute Gasteiger partial charge is 0.472 e. The second-order valence-electron chi connectivity index (χ2n) is 15.9. The lowest BCUT2D eigenvalue weighted by Gasteiger charge is -2.41. The summed E-state index contributed by atoms with van der Waals surface area (Å²) in [5.74, 6) is -1.20. The van der Waals surface area contributed by atoms with E-state index in [2.05, 4.69) is 68.5 Å². The molecule has 1 fully saturated rings. The molecule has 1 saturated carbocycles. The van der Waals surface area contributed by atoms with Crippen molar-refractivity contribution in [1.29, 1.82) is 0 Å². The molecule has 1 aliphatic carbocycles. The summed E-state index contributed by atoms with van der Waals surface area (Å²) in [5, 5.41) is 50.1. The van der Waals surface area contributed by atoms with E-state index in [9.17, 15) is 44.6 Å². The van der Waals surface area contributed by atoms with E-state index < -0.39 is 75.7 Å². The normalized spacial score (nSPS) is 22.5. The molecule has 6 unspecified atom stereocenters. The highest BCUT2D eigenvalue weighted by molar-refractivity contribution is 7.47. The number of carbonyl (C=O) groups is 2. The Bertz CT molecular complexity index is 1360. The van der Waals surface area contributed by atoms with Crippen LogP contribution in [0.25, 0.3) is 0 Å². The standard InChI is InChI=1S/C48H81O13P/c1-3-5-7-9-11-13-15-17-19-20-21-22-23-25-26-28-30-32-34-36-41(49)58-38-40(39-59-62(56,57)61-48-46(54)44(52)43(51)45(53)47(48)55)60-42(50)37-35-33-31-29-27-24-18-16-14-12-10-8-6-4-2/h5,7,11,13,17,19,21-22,25-26,30,32,40,43-48,51-55H,3-4,6,8-10,12,14-16,18,20,23-24,27-29,31,33-39H2,1-2H3,(H,56,57)/b7-5-,13-11-,19-17-,22-21-,26-25-,32-30-/t40-,43?,44-,45?,46?,47?,48?/m1/s1. The minimum absolute atomic E-state index is 0.0400. The maximum atomic E-state index is 12.8. The molecular weight excluding hydrogens is 815 g/mol. The average Bonchev–Trinajstić information content (AvgIpc) is 3.25. The molecule has 0 spiro atoms. The molecule has 0 aliphatic heterocycles. The number of phosphoric acid groups is 1. The van der Waals surface area contributed by atoms with Gasteiger partial charge in [-0.25, -0.2) is 4.57 Å². The Labute approximate surface area is 372 Å². The van der Waals surface area contributed by atoms with Gasteiger partial charge < -0.3 is 39.9 Å². The van der Waals surface area contributed by atoms with Crippen LogP contribution in [-0.4, -0.2) is 98.3 Å². The summed E-state index contributed by atoms with van der Waals surface area (Å²) < 4.78 is 33.4. The predicted octanol–water partition coefficient (Wildman–Crippen LogP) is 9.11. The van der Waals surface area contributed by atoms with Gasteiger partial charge in [0, 0.05) is 12.8 Å². The molecular formula is C48H81O13P. The Morgan fingerprint density at radius 2 is 0.919 bits per heavy atom. The van der Waals surface area contributed by atoms with Crippen LogP contribution >= 0.6 is 7.82 Å². The quantitative estimate of drug-likeness (QED) is 0.0149. The van der Waals surface area contributed by atoms with Gasteiger partial charge in [0.2, 0.25) is 0 Å². The lowest BCUT2D eigenvalue weighted by molar-refractivity contribution is -0.220. The van der Waals surface area contributed by atoms with E-state index in [0.29, 0.717) is 19.3 Å². The molecule has 356 valence electrons. The van der Waals surface area contributed by atoms with Gasteiger partial charge in [-0.3, -0.25) is 18.6 Å². The first-order valence-corrected chi connectivity index (χ1v) is 24.7. The summed E-state index contributed by atoms with van der Waals surface area (Å²) in [6.07, 6.45) is 34.0. The number of carbonyl (C=O) groups excluding carboxylic acids is 2. The molecule has 0 aromatic rings. The number of hydrogen-bond donors (Lipinski definition) is 6. The van der Waals surface area contributed by atoms with Crippen LogP contribution in [0.3, 0.4) is 0 Å². The zero-order valence-electron chi connectivity index (χ0n) is 37.6. The Hall–Kier alpha value is -2.71. The van der Waals surface area contributed by atoms with Crippen LogP contribution in [-0.2, 0) is 32.7 Å². The van der Waals surface area contributed by atoms with Crippen molar-refractivity contribution in [3.8, 4) is 0 Å². The highest BCUT2D eigenvalue weighted by atomic mass is 31.2. The molecule has 0 aromatic heterocycles. The van der Waals surface area contributed by atoms with Gasteiger partial charge >= 0.3 is 19.8 Å². The Kier molecular flexibility index (Phi) is 34.8. The smallest absolute Gasteiger partial charge is 0.462 e. The number of allylic oxidation sites excluding steroid dienone is 12. The topological polar surface area (TPSA) is 210 Å². The third kappa shape index (κ3) is 29.6. The van der Waals surface area contributed by atoms with Crippen molar-refractivity contribution in [2.45, 2.75) is 204 Å². The molecule has 0 bridgehead atoms. The summed E-state index contributed by atoms with van der Waals surface area (Å²) in [5.41, 5.74) is 0. The van der Waals surface area contributed by atoms with Gasteiger partial charge in [-0.15, -0.1) is 0 Å². The predicted molar refractivity (Wildman–Crippen MR) is 244 cm³/mol. The van der Waals surface area contributed by atoms with E-state index in [1.807, 2.05) is 18.2 Å². The van der Waals surface area contributed by atoms with Crippen molar-refractivity contribution in [3.63, 3.8) is 0 Å². The van der Waals surface area contributed by atoms with E-state index >= 15 is 0 Å². The van der Waals surface area contributed by atoms with Crippen LogP contribution in [0.5, 0.6) is 0 Å². The molecule has 0 amide bonds. The molecule has 8 atom stereocenters. The lowest BCUT2D eigenvalue weighted by atomic mass is 9.85. The number of aliphatic hydroxyl groups excluding tert-OH is 5. The van der Waals surface area contributed by atoms with Crippen LogP contribution in [0.2, 0.25) is 0 Å². The number of hydrogen-bond acceptors (Lipinski definition) is 12. The first kappa shape index (κ1) is 57.3. The summed E-state index contributed by atoms with van der Waals surface area (Å²) in [6, 6.07) is 0. The van der Waals surface area contributed by atoms with E-state index in [-0.39, 0.29) is 12.8 Å². The summed E-state index contributed by atoms with van der Waals surface area (Å²) >= 11 is 0. The molecule has 1 aliphatic rings. The number of ether oxygens (including phenoxy) is 2. The van der Waals surface area contributed by atoms with Crippen LogP contribution in [0.4, 0.5) is 0 Å². The van der Waals surface area contributed by atoms with Crippen molar-refractivity contribution >= 4 is 19.8 Å². The monoisotopic (exact) mass is 897 g/mol. The number of esters is 2. The number of rotatable bonds is 37. The summed E-state index contributed by atoms with van der Waals surface area (Å²) in [7, 11) is -5.14. The van der Waals surface area contributed by atoms with Crippen molar-refractivity contribution in [1.82, 2.24) is 0 Å². The minimum atomic E-state index is -5.14. The fourth-order valence-corrected chi connectivity index (χ4v) is 7.58. The summed E-state index contributed by atoms with van der Waals surface area (Å²) in [4.78, 5) is 35.7. The second-order valence-corrected chi connectivity index (χ2v) is 17.3. The molecule has 0 saturated heterocycles. The molecule has 1 rings (SSSR count). The first-order valence-electron chi connectivity index (χ1n) is 23.2. The van der Waals surface area contributed by atoms with E-state index in [4.69, 9.17) is 18.5 Å². The molecule has 0 heterocycles. The Balaban J connectivity index is 2.51. The number of phosphoric ester groups is 1. The van der Waals surface area contributed by atoms with Crippen molar-refractivity contribution in [3.05, 3.63) is 72.9 Å². The molecule has 62 heavy (non-hydrogen) atoms. The van der Waals surface area contributed by atoms with E-state index in [1.165, 1.54) is 57.8 Å². The summed E-state index contributed by atoms with van der Waals surface area (Å²) in [6.45, 7) is 3.11. The highest BCUT2D eigenvalue weighted by Crippen LogP contribution is 2.47. The van der Waals surface area contributed by atoms with Crippen LogP contribution in [0.15, 0.2) is 72.9 Å². The first-order chi connectivity index (χ1) is 29.9. The number of unbranched alkanes of at least 4 members (excludes halogenated alkanes) is 13. The zero-order chi connectivity index (χ0) is 45.7. The maximum Gasteiger partial charge on any atom is 0.472 e. The van der Waals surface area contributed by atoms with Gasteiger partial charge in [-0.2, -0.15) is 0 Å². The molecule has 13 nitrogen and oxygen atoms in total. The molecule has 14 heteroatoms. The maximum absolute atomic E-state index is 12.8. The average molecular weight is 897 g/mol. The van der Waals surface area contributed by atoms with Gasteiger partial charge in [0.05, 0.1) is 6.61 Å². The molecule has 6 N–H and O–H groups in total. The fourth-order valence-electron chi connectivity index (χ4n) is 6.61. The van der Waals surface area contributed by atoms with Gasteiger partial charge in [-0.05, 0) is 51.4 Å². The molecule has 0 radical (unpaired) electrons. The van der Waals surface area contributed by atoms with Gasteiger partial charge in [0.25, 0.3) is 0 Å². The van der Waals surface area contributed by atoms with Gasteiger partial charge in [0.15, 0.2) is 6.10 Å². The van der Waals surface area contributed by atoms with Crippen molar-refractivity contribution < 1.29 is 63.1 Å². The van der Waals surface area contributed by atoms with E-state index in [0.717, 1.165) is 57.8 Å². The van der Waals surface area contributed by atoms with Crippen LogP contribution in [0, 0.1) is 0 Å². The molecule has 0 aromatic carbocycles. The van der Waals surface area contributed by atoms with Crippen LogP contribution in [0.1, 0.15) is 162 Å². The number of aliphatic hydroxyl groups is 5. The zero-order valence-corrected chi connectivity index (χ0v) is 38.5.